The monoisotopic (exact) mass is 438 g/mol. The Morgan fingerprint density at radius 1 is 1.10 bits per heavy atom. The Morgan fingerprint density at radius 3 is 2.50 bits per heavy atom. The van der Waals surface area contributed by atoms with E-state index in [1.165, 1.54) is 29.2 Å². The number of fused-ring (bicyclic) bond motifs is 1. The molecule has 0 aliphatic carbocycles. The Balaban J connectivity index is 1.51. The van der Waals surface area contributed by atoms with Gasteiger partial charge in [0, 0.05) is 43.6 Å². The molecule has 2 aromatic carbocycles. The summed E-state index contributed by atoms with van der Waals surface area (Å²) in [6.07, 6.45) is -4.58. The van der Waals surface area contributed by atoms with E-state index in [2.05, 4.69) is 4.74 Å². The molecular weight excluding hydrogens is 417 g/mol. The molecule has 0 spiro atoms. The van der Waals surface area contributed by atoms with Gasteiger partial charge in [0.05, 0.1) is 5.69 Å². The van der Waals surface area contributed by atoms with Gasteiger partial charge in [-0.25, -0.2) is 0 Å². The molecule has 0 aromatic heterocycles. The summed E-state index contributed by atoms with van der Waals surface area (Å²) >= 11 is 1.70. The second kappa shape index (κ2) is 9.42. The first-order chi connectivity index (χ1) is 14.2. The quantitative estimate of drug-likeness (QED) is 0.668. The highest BCUT2D eigenvalue weighted by Crippen LogP contribution is 2.34. The number of halogens is 3. The van der Waals surface area contributed by atoms with Crippen LogP contribution < -0.4 is 9.64 Å². The highest BCUT2D eigenvalue weighted by molar-refractivity contribution is 7.99. The minimum absolute atomic E-state index is 0.0659. The molecule has 1 aliphatic heterocycles. The summed E-state index contributed by atoms with van der Waals surface area (Å²) in [5.74, 6) is 0.188. The lowest BCUT2D eigenvalue weighted by atomic mass is 10.2. The molecule has 0 saturated carbocycles. The fourth-order valence-electron chi connectivity index (χ4n) is 3.13. The van der Waals surface area contributed by atoms with Gasteiger partial charge in [0.15, 0.2) is 0 Å². The maximum Gasteiger partial charge on any atom is 0.573 e. The molecule has 9 heteroatoms. The highest BCUT2D eigenvalue weighted by Gasteiger charge is 2.31. The van der Waals surface area contributed by atoms with E-state index in [1.807, 2.05) is 24.3 Å². The van der Waals surface area contributed by atoms with Crippen molar-refractivity contribution in [1.82, 2.24) is 4.90 Å². The molecule has 0 fully saturated rings. The van der Waals surface area contributed by atoms with Gasteiger partial charge in [-0.2, -0.15) is 0 Å². The number of amides is 2. The Labute approximate surface area is 176 Å². The Morgan fingerprint density at radius 2 is 1.80 bits per heavy atom. The summed E-state index contributed by atoms with van der Waals surface area (Å²) in [6, 6.07) is 13.0. The van der Waals surface area contributed by atoms with Crippen LogP contribution in [-0.2, 0) is 16.1 Å². The van der Waals surface area contributed by atoms with Crippen molar-refractivity contribution in [3.05, 3.63) is 54.1 Å². The first-order valence-corrected chi connectivity index (χ1v) is 10.3. The van der Waals surface area contributed by atoms with Gasteiger partial charge in [0.25, 0.3) is 0 Å². The summed E-state index contributed by atoms with van der Waals surface area (Å²) < 4.78 is 40.5. The maximum atomic E-state index is 12.6. The predicted octanol–water partition coefficient (Wildman–Crippen LogP) is 4.46. The smallest absolute Gasteiger partial charge is 0.406 e. The predicted molar refractivity (Wildman–Crippen MR) is 108 cm³/mol. The van der Waals surface area contributed by atoms with Crippen LogP contribution >= 0.6 is 11.8 Å². The number of hydrogen-bond acceptors (Lipinski definition) is 4. The average molecular weight is 438 g/mol. The molecule has 0 unspecified atom stereocenters. The molecule has 0 saturated heterocycles. The molecule has 2 aromatic rings. The van der Waals surface area contributed by atoms with E-state index >= 15 is 0 Å². The average Bonchev–Trinajstić information content (AvgIpc) is 2.71. The third-order valence-electron chi connectivity index (χ3n) is 4.58. The van der Waals surface area contributed by atoms with E-state index in [0.717, 1.165) is 16.3 Å². The third kappa shape index (κ3) is 5.91. The van der Waals surface area contributed by atoms with Gasteiger partial charge >= 0.3 is 6.36 Å². The van der Waals surface area contributed by atoms with Crippen LogP contribution in [-0.4, -0.2) is 42.4 Å². The number of thioether (sulfide) groups is 1. The van der Waals surface area contributed by atoms with Crippen molar-refractivity contribution in [3.63, 3.8) is 0 Å². The topological polar surface area (TPSA) is 49.9 Å². The number of anilines is 1. The summed E-state index contributed by atoms with van der Waals surface area (Å²) in [7, 11) is 1.60. The van der Waals surface area contributed by atoms with Gasteiger partial charge in [-0.05, 0) is 29.8 Å². The molecule has 1 aliphatic rings. The molecule has 1 heterocycles. The number of para-hydroxylation sites is 1. The maximum absolute atomic E-state index is 12.6. The second-order valence-electron chi connectivity index (χ2n) is 6.80. The van der Waals surface area contributed by atoms with Crippen LogP contribution in [0, 0.1) is 0 Å². The number of rotatable bonds is 6. The van der Waals surface area contributed by atoms with Crippen LogP contribution in [0.15, 0.2) is 53.4 Å². The van der Waals surface area contributed by atoms with Crippen LogP contribution in [0.4, 0.5) is 18.9 Å². The molecule has 0 bridgehead atoms. The summed E-state index contributed by atoms with van der Waals surface area (Å²) in [5.41, 5.74) is 1.54. The Kier molecular flexibility index (Phi) is 6.91. The number of nitrogens with zero attached hydrogens (tertiary/aromatic N) is 2. The van der Waals surface area contributed by atoms with Crippen molar-refractivity contribution in [2.75, 3.05) is 24.2 Å². The summed E-state index contributed by atoms with van der Waals surface area (Å²) in [5, 5.41) is 0. The van der Waals surface area contributed by atoms with Crippen LogP contribution in [0.5, 0.6) is 5.75 Å². The summed E-state index contributed by atoms with van der Waals surface area (Å²) in [6.45, 7) is 0.833. The van der Waals surface area contributed by atoms with Gasteiger partial charge in [0.2, 0.25) is 11.8 Å². The van der Waals surface area contributed by atoms with Crippen molar-refractivity contribution in [2.45, 2.75) is 30.6 Å². The number of carbonyl (C=O) groups excluding carboxylic acids is 2. The number of benzene rings is 2. The second-order valence-corrected chi connectivity index (χ2v) is 7.94. The molecule has 160 valence electrons. The number of hydrogen-bond donors (Lipinski definition) is 0. The third-order valence-corrected chi connectivity index (χ3v) is 5.63. The lowest BCUT2D eigenvalue weighted by molar-refractivity contribution is -0.274. The minimum atomic E-state index is -4.74. The fourth-order valence-corrected chi connectivity index (χ4v) is 4.12. The zero-order valence-electron chi connectivity index (χ0n) is 16.3. The van der Waals surface area contributed by atoms with Crippen molar-refractivity contribution in [3.8, 4) is 5.75 Å². The van der Waals surface area contributed by atoms with Crippen molar-refractivity contribution in [2.24, 2.45) is 0 Å². The lowest BCUT2D eigenvalue weighted by Gasteiger charge is -2.29. The minimum Gasteiger partial charge on any atom is -0.406 e. The van der Waals surface area contributed by atoms with E-state index in [9.17, 15) is 22.8 Å². The fraction of sp³-hybridized carbons (Fsp3) is 0.333. The SMILES string of the molecule is CN(Cc1ccc(OC(F)(F)F)cc1)C(=O)CCC(=O)N1CCSc2ccccc21. The van der Waals surface area contributed by atoms with Gasteiger partial charge in [-0.3, -0.25) is 9.59 Å². The van der Waals surface area contributed by atoms with E-state index in [1.54, 1.807) is 23.7 Å². The van der Waals surface area contributed by atoms with Gasteiger partial charge in [0.1, 0.15) is 5.75 Å². The molecular formula is C21H21F3N2O3S. The lowest BCUT2D eigenvalue weighted by Crippen LogP contribution is -2.36. The van der Waals surface area contributed by atoms with Crippen LogP contribution in [0.1, 0.15) is 18.4 Å². The zero-order valence-corrected chi connectivity index (χ0v) is 17.1. The first-order valence-electron chi connectivity index (χ1n) is 9.34. The van der Waals surface area contributed by atoms with E-state index < -0.39 is 6.36 Å². The van der Waals surface area contributed by atoms with Gasteiger partial charge in [-0.15, -0.1) is 24.9 Å². The largest absolute Gasteiger partial charge is 0.573 e. The normalized spacial score (nSPS) is 13.5. The van der Waals surface area contributed by atoms with Crippen LogP contribution in [0.2, 0.25) is 0 Å². The van der Waals surface area contributed by atoms with E-state index in [4.69, 9.17) is 0 Å². The van der Waals surface area contributed by atoms with Crippen LogP contribution in [0.25, 0.3) is 0 Å². The molecule has 30 heavy (non-hydrogen) atoms. The zero-order chi connectivity index (χ0) is 21.7. The van der Waals surface area contributed by atoms with Crippen molar-refractivity contribution < 1.29 is 27.5 Å². The van der Waals surface area contributed by atoms with Crippen molar-refractivity contribution in [1.29, 1.82) is 0 Å². The standard InChI is InChI=1S/C21H21F3N2O3S/c1-25(14-15-6-8-16(9-7-15)29-21(22,23)24)19(27)10-11-20(28)26-12-13-30-18-5-3-2-4-17(18)26/h2-9H,10-14H2,1H3. The Bertz CT molecular complexity index is 903. The Hall–Kier alpha value is -2.68. The molecule has 5 nitrogen and oxygen atoms in total. The molecule has 3 rings (SSSR count). The number of carbonyl (C=O) groups is 2. The highest BCUT2D eigenvalue weighted by atomic mass is 32.2. The summed E-state index contributed by atoms with van der Waals surface area (Å²) in [4.78, 5) is 29.3. The number of ether oxygens (including phenoxy) is 1. The van der Waals surface area contributed by atoms with E-state index in [-0.39, 0.29) is 37.0 Å². The van der Waals surface area contributed by atoms with Gasteiger partial charge < -0.3 is 14.5 Å². The van der Waals surface area contributed by atoms with Crippen LogP contribution in [0.3, 0.4) is 0 Å². The molecule has 0 atom stereocenters. The van der Waals surface area contributed by atoms with Gasteiger partial charge in [-0.1, -0.05) is 24.3 Å². The van der Waals surface area contributed by atoms with E-state index in [0.29, 0.717) is 12.1 Å². The first kappa shape index (κ1) is 22.0. The van der Waals surface area contributed by atoms with Crippen molar-refractivity contribution >= 4 is 29.3 Å². The number of alkyl halides is 3. The molecule has 0 radical (unpaired) electrons. The molecule has 2 amide bonds. The molecule has 0 N–H and O–H groups in total.